The summed E-state index contributed by atoms with van der Waals surface area (Å²) in [7, 11) is 4.80. The first-order valence-electron chi connectivity index (χ1n) is 11.0. The Hall–Kier alpha value is -3.39. The average Bonchev–Trinajstić information content (AvgIpc) is 3.31. The normalized spacial score (nSPS) is 15.2. The molecule has 0 spiro atoms. The number of nitrogens with zero attached hydrogens (tertiary/aromatic N) is 3. The Bertz CT molecular complexity index is 990. The summed E-state index contributed by atoms with van der Waals surface area (Å²) in [5.74, 6) is 1.07. The number of hydrazone groups is 1. The molecule has 176 valence electrons. The number of para-hydroxylation sites is 1. The van der Waals surface area contributed by atoms with Gasteiger partial charge in [-0.25, -0.2) is 5.01 Å². The monoisotopic (exact) mass is 453 g/mol. The number of amides is 2. The maximum absolute atomic E-state index is 13.4. The van der Waals surface area contributed by atoms with Gasteiger partial charge in [0, 0.05) is 32.1 Å². The van der Waals surface area contributed by atoms with Crippen LogP contribution in [0.5, 0.6) is 11.5 Å². The van der Waals surface area contributed by atoms with Crippen LogP contribution in [0.3, 0.4) is 0 Å². The van der Waals surface area contributed by atoms with Crippen LogP contribution in [0.1, 0.15) is 36.9 Å². The Kier molecular flexibility index (Phi) is 8.43. The maximum Gasteiger partial charge on any atom is 0.262 e. The van der Waals surface area contributed by atoms with Crippen LogP contribution in [0, 0.1) is 0 Å². The molecule has 0 fully saturated rings. The fraction of sp³-hybridized carbons (Fsp3) is 0.400. The molecule has 0 saturated heterocycles. The number of carbonyl (C=O) groups is 2. The number of ether oxygens (including phenoxy) is 3. The lowest BCUT2D eigenvalue weighted by Crippen LogP contribution is -2.42. The van der Waals surface area contributed by atoms with Gasteiger partial charge in [0.15, 0.2) is 0 Å². The highest BCUT2D eigenvalue weighted by Gasteiger charge is 2.35. The molecule has 0 aliphatic carbocycles. The molecule has 2 aromatic rings. The van der Waals surface area contributed by atoms with Crippen LogP contribution in [0.15, 0.2) is 53.6 Å². The smallest absolute Gasteiger partial charge is 0.262 e. The van der Waals surface area contributed by atoms with E-state index in [1.54, 1.807) is 28.3 Å². The van der Waals surface area contributed by atoms with Crippen LogP contribution in [0.25, 0.3) is 0 Å². The van der Waals surface area contributed by atoms with Gasteiger partial charge in [0.1, 0.15) is 18.0 Å². The number of rotatable bonds is 10. The van der Waals surface area contributed by atoms with E-state index in [1.807, 2.05) is 48.5 Å². The highest BCUT2D eigenvalue weighted by atomic mass is 16.5. The highest BCUT2D eigenvalue weighted by Crippen LogP contribution is 2.37. The SMILES string of the molecule is CCC(=O)N(CCOC)CC(=O)N1N=C(c2ccc(OC)cc2)CC1c1ccccc1OC. The van der Waals surface area contributed by atoms with Crippen molar-refractivity contribution in [3.05, 3.63) is 59.7 Å². The third kappa shape index (κ3) is 5.70. The summed E-state index contributed by atoms with van der Waals surface area (Å²) in [6.45, 7) is 2.41. The van der Waals surface area contributed by atoms with Crippen LogP contribution in [-0.2, 0) is 14.3 Å². The van der Waals surface area contributed by atoms with E-state index in [2.05, 4.69) is 0 Å². The summed E-state index contributed by atoms with van der Waals surface area (Å²) in [4.78, 5) is 27.3. The summed E-state index contributed by atoms with van der Waals surface area (Å²) in [5, 5.41) is 6.19. The highest BCUT2D eigenvalue weighted by molar-refractivity contribution is 6.03. The van der Waals surface area contributed by atoms with Gasteiger partial charge >= 0.3 is 0 Å². The molecule has 0 aromatic heterocycles. The van der Waals surface area contributed by atoms with Crippen LogP contribution < -0.4 is 9.47 Å². The number of carbonyl (C=O) groups excluding carboxylic acids is 2. The zero-order valence-corrected chi connectivity index (χ0v) is 19.6. The molecule has 1 aliphatic rings. The second kappa shape index (κ2) is 11.5. The van der Waals surface area contributed by atoms with Crippen molar-refractivity contribution in [2.75, 3.05) is 41.0 Å². The zero-order valence-electron chi connectivity index (χ0n) is 19.6. The Morgan fingerprint density at radius 1 is 1.06 bits per heavy atom. The van der Waals surface area contributed by atoms with E-state index in [-0.39, 0.29) is 24.4 Å². The molecule has 3 rings (SSSR count). The zero-order chi connectivity index (χ0) is 23.8. The third-order valence-corrected chi connectivity index (χ3v) is 5.63. The molecule has 2 aromatic carbocycles. The van der Waals surface area contributed by atoms with E-state index in [0.29, 0.717) is 31.7 Å². The molecule has 1 unspecified atom stereocenters. The van der Waals surface area contributed by atoms with Gasteiger partial charge in [-0.15, -0.1) is 0 Å². The van der Waals surface area contributed by atoms with Crippen molar-refractivity contribution in [2.45, 2.75) is 25.8 Å². The Morgan fingerprint density at radius 3 is 2.42 bits per heavy atom. The molecule has 2 amide bonds. The number of hydrogen-bond donors (Lipinski definition) is 0. The van der Waals surface area contributed by atoms with Crippen molar-refractivity contribution >= 4 is 17.5 Å². The van der Waals surface area contributed by atoms with E-state index in [0.717, 1.165) is 22.6 Å². The van der Waals surface area contributed by atoms with E-state index >= 15 is 0 Å². The Balaban J connectivity index is 1.93. The van der Waals surface area contributed by atoms with Crippen molar-refractivity contribution in [3.8, 4) is 11.5 Å². The molecule has 33 heavy (non-hydrogen) atoms. The second-order valence-corrected chi connectivity index (χ2v) is 7.64. The molecule has 0 saturated carbocycles. The first kappa shape index (κ1) is 24.3. The van der Waals surface area contributed by atoms with Crippen LogP contribution >= 0.6 is 0 Å². The van der Waals surface area contributed by atoms with Gasteiger partial charge in [0.05, 0.1) is 32.6 Å². The number of hydrogen-bond acceptors (Lipinski definition) is 6. The number of benzene rings is 2. The predicted molar refractivity (Wildman–Crippen MR) is 125 cm³/mol. The van der Waals surface area contributed by atoms with E-state index in [4.69, 9.17) is 19.3 Å². The molecule has 0 N–H and O–H groups in total. The standard InChI is InChI=1S/C25H31N3O5/c1-5-24(29)27(14-15-31-2)17-25(30)28-22(20-8-6-7-9-23(20)33-4)16-21(26-28)18-10-12-19(32-3)13-11-18/h6-13,22H,5,14-17H2,1-4H3. The Morgan fingerprint density at radius 2 is 1.79 bits per heavy atom. The van der Waals surface area contributed by atoms with Crippen molar-refractivity contribution in [1.29, 1.82) is 0 Å². The van der Waals surface area contributed by atoms with Crippen LogP contribution in [0.4, 0.5) is 0 Å². The minimum atomic E-state index is -0.341. The van der Waals surface area contributed by atoms with Crippen molar-refractivity contribution in [3.63, 3.8) is 0 Å². The van der Waals surface area contributed by atoms with Gasteiger partial charge in [-0.3, -0.25) is 9.59 Å². The minimum Gasteiger partial charge on any atom is -0.497 e. The first-order valence-corrected chi connectivity index (χ1v) is 11.0. The molecule has 0 radical (unpaired) electrons. The van der Waals surface area contributed by atoms with E-state index < -0.39 is 0 Å². The summed E-state index contributed by atoms with van der Waals surface area (Å²) >= 11 is 0. The van der Waals surface area contributed by atoms with E-state index in [9.17, 15) is 9.59 Å². The molecular weight excluding hydrogens is 422 g/mol. The van der Waals surface area contributed by atoms with Gasteiger partial charge in [-0.05, 0) is 35.9 Å². The quantitative estimate of drug-likeness (QED) is 0.552. The number of methoxy groups -OCH3 is 3. The van der Waals surface area contributed by atoms with Crippen molar-refractivity contribution < 1.29 is 23.8 Å². The van der Waals surface area contributed by atoms with Gasteiger partial charge in [0.25, 0.3) is 5.91 Å². The van der Waals surface area contributed by atoms with Gasteiger partial charge in [0.2, 0.25) is 5.91 Å². The largest absolute Gasteiger partial charge is 0.497 e. The van der Waals surface area contributed by atoms with Crippen LogP contribution in [0.2, 0.25) is 0 Å². The van der Waals surface area contributed by atoms with Gasteiger partial charge < -0.3 is 19.1 Å². The minimum absolute atomic E-state index is 0.0684. The van der Waals surface area contributed by atoms with Crippen LogP contribution in [-0.4, -0.2) is 68.5 Å². The predicted octanol–water partition coefficient (Wildman–Crippen LogP) is 3.27. The summed E-state index contributed by atoms with van der Waals surface area (Å²) in [6, 6.07) is 14.9. The molecule has 1 aliphatic heterocycles. The van der Waals surface area contributed by atoms with Crippen molar-refractivity contribution in [1.82, 2.24) is 9.91 Å². The average molecular weight is 454 g/mol. The molecule has 8 heteroatoms. The second-order valence-electron chi connectivity index (χ2n) is 7.64. The summed E-state index contributed by atoms with van der Waals surface area (Å²) < 4.78 is 15.9. The maximum atomic E-state index is 13.4. The molecule has 1 atom stereocenters. The molecular formula is C25H31N3O5. The summed E-state index contributed by atoms with van der Waals surface area (Å²) in [5.41, 5.74) is 2.56. The summed E-state index contributed by atoms with van der Waals surface area (Å²) in [6.07, 6.45) is 0.839. The lowest BCUT2D eigenvalue weighted by molar-refractivity contribution is -0.141. The topological polar surface area (TPSA) is 80.7 Å². The fourth-order valence-corrected chi connectivity index (χ4v) is 3.83. The first-order chi connectivity index (χ1) is 16.0. The lowest BCUT2D eigenvalue weighted by atomic mass is 9.97. The van der Waals surface area contributed by atoms with Crippen molar-refractivity contribution in [2.24, 2.45) is 5.10 Å². The fourth-order valence-electron chi connectivity index (χ4n) is 3.83. The lowest BCUT2D eigenvalue weighted by Gasteiger charge is -2.27. The molecule has 8 nitrogen and oxygen atoms in total. The third-order valence-electron chi connectivity index (χ3n) is 5.63. The van der Waals surface area contributed by atoms with Gasteiger partial charge in [-0.1, -0.05) is 25.1 Å². The van der Waals surface area contributed by atoms with Gasteiger partial charge in [-0.2, -0.15) is 5.10 Å². The molecule has 1 heterocycles. The Labute approximate surface area is 194 Å². The van der Waals surface area contributed by atoms with E-state index in [1.165, 1.54) is 9.91 Å². The molecule has 0 bridgehead atoms.